The summed E-state index contributed by atoms with van der Waals surface area (Å²) in [6.45, 7) is 0.638. The second-order valence-electron chi connectivity index (χ2n) is 4.29. The van der Waals surface area contributed by atoms with E-state index in [-0.39, 0.29) is 5.97 Å². The van der Waals surface area contributed by atoms with Gasteiger partial charge in [0.25, 0.3) is 0 Å². The van der Waals surface area contributed by atoms with E-state index < -0.39 is 0 Å². The molecular weight excluding hydrogens is 250 g/mol. The summed E-state index contributed by atoms with van der Waals surface area (Å²) < 4.78 is 4.76. The van der Waals surface area contributed by atoms with E-state index in [1.54, 1.807) is 6.08 Å². The summed E-state index contributed by atoms with van der Waals surface area (Å²) >= 11 is 0. The van der Waals surface area contributed by atoms with E-state index in [1.165, 1.54) is 6.08 Å². The minimum atomic E-state index is -0.0255. The quantitative estimate of drug-likeness (QED) is 0.465. The van der Waals surface area contributed by atoms with Crippen molar-refractivity contribution >= 4 is 12.0 Å². The number of ether oxygens (including phenoxy) is 1. The second-order valence-corrected chi connectivity index (χ2v) is 4.29. The lowest BCUT2D eigenvalue weighted by Crippen LogP contribution is -2.00. The molecule has 0 unspecified atom stereocenters. The van der Waals surface area contributed by atoms with E-state index in [2.05, 4.69) is 0 Å². The Morgan fingerprint density at radius 3 is 2.65 bits per heavy atom. The molecule has 1 aliphatic rings. The number of hydrogen-bond acceptors (Lipinski definition) is 3. The molecule has 0 N–H and O–H groups in total. The molecule has 0 bridgehead atoms. The van der Waals surface area contributed by atoms with Crippen LogP contribution in [-0.2, 0) is 9.53 Å². The molecule has 0 amide bonds. The van der Waals surface area contributed by atoms with E-state index in [9.17, 15) is 4.79 Å². The Hall–Kier alpha value is -2.34. The van der Waals surface area contributed by atoms with Crippen LogP contribution < -0.4 is 0 Å². The fourth-order valence-electron chi connectivity index (χ4n) is 1.64. The summed E-state index contributed by atoms with van der Waals surface area (Å²) in [7, 11) is 0. The zero-order chi connectivity index (χ0) is 14.5. The molecule has 3 nitrogen and oxygen atoms in total. The van der Waals surface area contributed by atoms with Crippen LogP contribution >= 0.6 is 0 Å². The first kappa shape index (κ1) is 15.7. The van der Waals surface area contributed by atoms with Crippen LogP contribution in [0, 0.1) is 11.3 Å². The van der Waals surface area contributed by atoms with Gasteiger partial charge in [-0.3, -0.25) is 4.79 Å². The van der Waals surface area contributed by atoms with Gasteiger partial charge in [-0.2, -0.15) is 5.26 Å². The fourth-order valence-corrected chi connectivity index (χ4v) is 1.64. The van der Waals surface area contributed by atoms with Crippen LogP contribution in [-0.4, -0.2) is 12.6 Å². The maximum absolute atomic E-state index is 10.5. The van der Waals surface area contributed by atoms with Gasteiger partial charge in [0.05, 0.1) is 12.7 Å². The van der Waals surface area contributed by atoms with Crippen molar-refractivity contribution in [1.82, 2.24) is 0 Å². The molecule has 1 aliphatic heterocycles. The summed E-state index contributed by atoms with van der Waals surface area (Å²) in [4.78, 5) is 10.5. The maximum Gasteiger partial charge on any atom is 0.305 e. The second kappa shape index (κ2) is 10.6. The summed E-state index contributed by atoms with van der Waals surface area (Å²) in [6.07, 6.45) is 10.8. The number of esters is 1. The van der Waals surface area contributed by atoms with E-state index >= 15 is 0 Å². The van der Waals surface area contributed by atoms with Crippen molar-refractivity contribution in [3.8, 4) is 6.07 Å². The molecule has 20 heavy (non-hydrogen) atoms. The van der Waals surface area contributed by atoms with E-state index in [0.717, 1.165) is 24.8 Å². The highest BCUT2D eigenvalue weighted by atomic mass is 16.5. The van der Waals surface area contributed by atoms with E-state index in [1.807, 2.05) is 48.6 Å². The molecule has 1 fully saturated rings. The molecule has 1 aromatic carbocycles. The standard InChI is InChI=1S/C11H9N.C6H10O2/c12-10-6-2-5-9-11-7-3-1-4-8-11;7-6-4-2-1-3-5-8-6/h1-9H;1-5H2. The number of carbonyl (C=O) groups is 1. The Kier molecular flexibility index (Phi) is 8.31. The predicted octanol–water partition coefficient (Wildman–Crippen LogP) is 3.88. The van der Waals surface area contributed by atoms with Crippen molar-refractivity contribution in [3.63, 3.8) is 0 Å². The third-order valence-electron chi connectivity index (χ3n) is 2.66. The average Bonchev–Trinajstić information content (AvgIpc) is 2.73. The van der Waals surface area contributed by atoms with Gasteiger partial charge in [0.15, 0.2) is 0 Å². The van der Waals surface area contributed by atoms with Crippen molar-refractivity contribution in [1.29, 1.82) is 5.26 Å². The van der Waals surface area contributed by atoms with Crippen LogP contribution in [0.1, 0.15) is 31.2 Å². The van der Waals surface area contributed by atoms with Crippen molar-refractivity contribution in [2.75, 3.05) is 6.61 Å². The van der Waals surface area contributed by atoms with Crippen molar-refractivity contribution < 1.29 is 9.53 Å². The number of benzene rings is 1. The first-order valence-corrected chi connectivity index (χ1v) is 6.76. The van der Waals surface area contributed by atoms with Crippen molar-refractivity contribution in [3.05, 3.63) is 54.1 Å². The highest BCUT2D eigenvalue weighted by molar-refractivity contribution is 5.69. The first-order valence-electron chi connectivity index (χ1n) is 6.76. The van der Waals surface area contributed by atoms with Crippen LogP contribution in [0.4, 0.5) is 0 Å². The van der Waals surface area contributed by atoms with Gasteiger partial charge in [-0.05, 0) is 24.8 Å². The van der Waals surface area contributed by atoms with Gasteiger partial charge < -0.3 is 4.74 Å². The molecule has 0 saturated carbocycles. The number of nitriles is 1. The number of nitrogens with zero attached hydrogens (tertiary/aromatic N) is 1. The summed E-state index contributed by atoms with van der Waals surface area (Å²) in [5.74, 6) is -0.0255. The SMILES string of the molecule is N#CC=CC=Cc1ccccc1.O=C1CCCCCO1. The molecule has 1 heterocycles. The molecule has 0 aromatic heterocycles. The van der Waals surface area contributed by atoms with Gasteiger partial charge in [-0.25, -0.2) is 0 Å². The number of carbonyl (C=O) groups excluding carboxylic acids is 1. The van der Waals surface area contributed by atoms with Crippen molar-refractivity contribution in [2.24, 2.45) is 0 Å². The Labute approximate surface area is 120 Å². The predicted molar refractivity (Wildman–Crippen MR) is 79.7 cm³/mol. The molecule has 1 aromatic rings. The van der Waals surface area contributed by atoms with Gasteiger partial charge in [0.1, 0.15) is 0 Å². The highest BCUT2D eigenvalue weighted by Gasteiger charge is 2.05. The third-order valence-corrected chi connectivity index (χ3v) is 2.66. The molecule has 0 radical (unpaired) electrons. The monoisotopic (exact) mass is 269 g/mol. The van der Waals surface area contributed by atoms with Gasteiger partial charge in [-0.15, -0.1) is 0 Å². The fraction of sp³-hybridized carbons (Fsp3) is 0.294. The minimum absolute atomic E-state index is 0.0255. The molecule has 0 aliphatic carbocycles. The lowest BCUT2D eigenvalue weighted by Gasteiger charge is -1.93. The average molecular weight is 269 g/mol. The van der Waals surface area contributed by atoms with E-state index in [0.29, 0.717) is 13.0 Å². The minimum Gasteiger partial charge on any atom is -0.466 e. The first-order chi connectivity index (χ1) is 9.83. The lowest BCUT2D eigenvalue weighted by atomic mass is 10.2. The van der Waals surface area contributed by atoms with Gasteiger partial charge in [0, 0.05) is 12.5 Å². The zero-order valence-corrected chi connectivity index (χ0v) is 11.5. The van der Waals surface area contributed by atoms with Crippen LogP contribution in [0.3, 0.4) is 0 Å². The van der Waals surface area contributed by atoms with Crippen LogP contribution in [0.2, 0.25) is 0 Å². The Bertz CT molecular complexity index is 473. The lowest BCUT2D eigenvalue weighted by molar-refractivity contribution is -0.142. The summed E-state index contributed by atoms with van der Waals surface area (Å²) in [6, 6.07) is 11.9. The number of allylic oxidation sites excluding steroid dienone is 3. The van der Waals surface area contributed by atoms with Crippen LogP contribution in [0.15, 0.2) is 48.6 Å². The third kappa shape index (κ3) is 7.88. The van der Waals surface area contributed by atoms with Crippen LogP contribution in [0.5, 0.6) is 0 Å². The maximum atomic E-state index is 10.5. The van der Waals surface area contributed by atoms with Crippen LogP contribution in [0.25, 0.3) is 6.08 Å². The number of hydrogen-bond donors (Lipinski definition) is 0. The van der Waals surface area contributed by atoms with E-state index in [4.69, 9.17) is 10.00 Å². The molecule has 0 atom stereocenters. The van der Waals surface area contributed by atoms with Gasteiger partial charge in [-0.1, -0.05) is 48.6 Å². The molecule has 3 heteroatoms. The Balaban J connectivity index is 0.000000217. The molecule has 104 valence electrons. The molecular formula is C17H19NO2. The Morgan fingerprint density at radius 1 is 1.10 bits per heavy atom. The van der Waals surface area contributed by atoms with Gasteiger partial charge >= 0.3 is 5.97 Å². The topological polar surface area (TPSA) is 50.1 Å². The normalized spacial score (nSPS) is 15.1. The summed E-state index contributed by atoms with van der Waals surface area (Å²) in [5.41, 5.74) is 1.14. The number of cyclic esters (lactones) is 1. The Morgan fingerprint density at radius 2 is 1.90 bits per heavy atom. The molecule has 1 saturated heterocycles. The highest BCUT2D eigenvalue weighted by Crippen LogP contribution is 2.06. The van der Waals surface area contributed by atoms with Gasteiger partial charge in [0.2, 0.25) is 0 Å². The smallest absolute Gasteiger partial charge is 0.305 e. The molecule has 0 spiro atoms. The largest absolute Gasteiger partial charge is 0.466 e. The summed E-state index contributed by atoms with van der Waals surface area (Å²) in [5, 5.41) is 8.19. The molecule has 2 rings (SSSR count). The van der Waals surface area contributed by atoms with Crippen molar-refractivity contribution in [2.45, 2.75) is 25.7 Å². The number of rotatable bonds is 2. The zero-order valence-electron chi connectivity index (χ0n) is 11.5.